The Kier molecular flexibility index (Phi) is 3.46. The molecule has 1 saturated carbocycles. The van der Waals surface area contributed by atoms with Crippen LogP contribution in [0.15, 0.2) is 0 Å². The normalized spacial score (nSPS) is 22.9. The molecule has 0 aromatic heterocycles. The number of nitrogens with zero attached hydrogens (tertiary/aromatic N) is 1. The van der Waals surface area contributed by atoms with Crippen molar-refractivity contribution < 1.29 is 14.7 Å². The molecule has 4 nitrogen and oxygen atoms in total. The van der Waals surface area contributed by atoms with Crippen LogP contribution < -0.4 is 0 Å². The number of carbonyl (C=O) groups is 2. The zero-order valence-electron chi connectivity index (χ0n) is 9.52. The number of carboxylic acids is 1. The monoisotopic (exact) mass is 225 g/mol. The topological polar surface area (TPSA) is 57.6 Å². The molecule has 90 valence electrons. The van der Waals surface area contributed by atoms with Crippen LogP contribution in [-0.4, -0.2) is 35.0 Å². The fraction of sp³-hybridized carbons (Fsp3) is 0.833. The quantitative estimate of drug-likeness (QED) is 0.791. The first-order chi connectivity index (χ1) is 7.66. The highest BCUT2D eigenvalue weighted by Gasteiger charge is 2.35. The first-order valence-corrected chi connectivity index (χ1v) is 6.17. The number of amides is 1. The van der Waals surface area contributed by atoms with E-state index in [-0.39, 0.29) is 24.2 Å². The molecule has 1 heterocycles. The zero-order valence-corrected chi connectivity index (χ0v) is 9.52. The highest BCUT2D eigenvalue weighted by Crippen LogP contribution is 2.29. The maximum Gasteiger partial charge on any atom is 0.303 e. The van der Waals surface area contributed by atoms with Gasteiger partial charge >= 0.3 is 5.97 Å². The van der Waals surface area contributed by atoms with Crippen molar-refractivity contribution in [3.05, 3.63) is 0 Å². The van der Waals surface area contributed by atoms with Crippen molar-refractivity contribution in [2.45, 2.75) is 38.5 Å². The van der Waals surface area contributed by atoms with E-state index in [0.717, 1.165) is 12.8 Å². The lowest BCUT2D eigenvalue weighted by molar-refractivity contribution is -0.148. The number of rotatable bonds is 3. The van der Waals surface area contributed by atoms with Gasteiger partial charge in [-0.05, 0) is 12.8 Å². The van der Waals surface area contributed by atoms with Crippen LogP contribution in [0.25, 0.3) is 0 Å². The molecular weight excluding hydrogens is 206 g/mol. The molecule has 0 atom stereocenters. The Morgan fingerprint density at radius 2 is 1.75 bits per heavy atom. The molecule has 0 radical (unpaired) electrons. The molecule has 1 aliphatic carbocycles. The van der Waals surface area contributed by atoms with Crippen LogP contribution in [0.1, 0.15) is 38.5 Å². The molecule has 2 rings (SSSR count). The van der Waals surface area contributed by atoms with Gasteiger partial charge in [-0.15, -0.1) is 0 Å². The van der Waals surface area contributed by atoms with Crippen LogP contribution >= 0.6 is 0 Å². The van der Waals surface area contributed by atoms with E-state index in [1.807, 2.05) is 4.90 Å². The van der Waals surface area contributed by atoms with E-state index in [1.54, 1.807) is 0 Å². The number of hydrogen-bond acceptors (Lipinski definition) is 2. The fourth-order valence-electron chi connectivity index (χ4n) is 2.73. The molecule has 1 N–H and O–H groups in total. The molecule has 0 aromatic carbocycles. The number of carboxylic acid groups (broad SMARTS) is 1. The van der Waals surface area contributed by atoms with Crippen molar-refractivity contribution in [3.8, 4) is 0 Å². The van der Waals surface area contributed by atoms with E-state index in [2.05, 4.69) is 0 Å². The molecule has 16 heavy (non-hydrogen) atoms. The lowest BCUT2D eigenvalue weighted by atomic mass is 9.86. The molecule has 1 aliphatic heterocycles. The Hall–Kier alpha value is -1.06. The van der Waals surface area contributed by atoms with Gasteiger partial charge in [0.05, 0.1) is 6.42 Å². The fourth-order valence-corrected chi connectivity index (χ4v) is 2.73. The van der Waals surface area contributed by atoms with Gasteiger partial charge in [0.25, 0.3) is 0 Å². The molecule has 1 saturated heterocycles. The summed E-state index contributed by atoms with van der Waals surface area (Å²) in [6.07, 6.45) is 5.85. The number of carbonyl (C=O) groups excluding carboxylic acids is 1. The first-order valence-electron chi connectivity index (χ1n) is 6.17. The third kappa shape index (κ3) is 2.54. The number of aliphatic carboxylic acids is 1. The summed E-state index contributed by atoms with van der Waals surface area (Å²) in [5.41, 5.74) is 0. The second-order valence-corrected chi connectivity index (χ2v) is 5.04. The minimum absolute atomic E-state index is 0.185. The van der Waals surface area contributed by atoms with Gasteiger partial charge in [0.15, 0.2) is 0 Å². The lowest BCUT2D eigenvalue weighted by Crippen LogP contribution is -2.52. The summed E-state index contributed by atoms with van der Waals surface area (Å²) in [6, 6.07) is 0. The van der Waals surface area contributed by atoms with Crippen molar-refractivity contribution in [1.29, 1.82) is 0 Å². The summed E-state index contributed by atoms with van der Waals surface area (Å²) in [5, 5.41) is 8.62. The number of hydrogen-bond donors (Lipinski definition) is 1. The van der Waals surface area contributed by atoms with E-state index >= 15 is 0 Å². The largest absolute Gasteiger partial charge is 0.481 e. The Morgan fingerprint density at radius 1 is 1.12 bits per heavy atom. The second-order valence-electron chi connectivity index (χ2n) is 5.04. The van der Waals surface area contributed by atoms with Gasteiger partial charge in [0, 0.05) is 24.9 Å². The second kappa shape index (κ2) is 4.85. The van der Waals surface area contributed by atoms with Crippen molar-refractivity contribution in [1.82, 2.24) is 4.90 Å². The third-order valence-corrected chi connectivity index (χ3v) is 3.69. The van der Waals surface area contributed by atoms with Crippen molar-refractivity contribution >= 4 is 11.9 Å². The summed E-state index contributed by atoms with van der Waals surface area (Å²) in [4.78, 5) is 24.3. The summed E-state index contributed by atoms with van der Waals surface area (Å²) in [6.45, 7) is 1.31. The summed E-state index contributed by atoms with van der Waals surface area (Å²) < 4.78 is 0. The molecule has 0 unspecified atom stereocenters. The number of likely N-dealkylation sites (tertiary alicyclic amines) is 1. The average molecular weight is 225 g/mol. The smallest absolute Gasteiger partial charge is 0.303 e. The molecule has 2 aliphatic rings. The van der Waals surface area contributed by atoms with Crippen LogP contribution in [0.2, 0.25) is 0 Å². The van der Waals surface area contributed by atoms with Gasteiger partial charge in [-0.3, -0.25) is 9.59 Å². The van der Waals surface area contributed by atoms with Crippen molar-refractivity contribution in [3.63, 3.8) is 0 Å². The summed E-state index contributed by atoms with van der Waals surface area (Å²) in [7, 11) is 0. The molecule has 0 aromatic rings. The van der Waals surface area contributed by atoms with Gasteiger partial charge in [-0.2, -0.15) is 0 Å². The Bertz CT molecular complexity index is 278. The Balaban J connectivity index is 1.74. The van der Waals surface area contributed by atoms with Gasteiger partial charge in [0.2, 0.25) is 5.91 Å². The van der Waals surface area contributed by atoms with E-state index in [1.165, 1.54) is 19.3 Å². The van der Waals surface area contributed by atoms with Gasteiger partial charge < -0.3 is 10.0 Å². The van der Waals surface area contributed by atoms with Gasteiger partial charge in [-0.25, -0.2) is 0 Å². The Labute approximate surface area is 95.6 Å². The van der Waals surface area contributed by atoms with Crippen LogP contribution in [0.5, 0.6) is 0 Å². The zero-order chi connectivity index (χ0) is 11.5. The highest BCUT2D eigenvalue weighted by molar-refractivity contribution is 5.80. The predicted molar refractivity (Wildman–Crippen MR) is 58.9 cm³/mol. The van der Waals surface area contributed by atoms with Crippen molar-refractivity contribution in [2.24, 2.45) is 11.8 Å². The first kappa shape index (κ1) is 11.4. The molecule has 1 amide bonds. The average Bonchev–Trinajstić information content (AvgIpc) is 2.23. The molecule has 4 heteroatoms. The van der Waals surface area contributed by atoms with Crippen LogP contribution in [0.3, 0.4) is 0 Å². The SMILES string of the molecule is O=C(O)CC1CN(C(=O)C2CCCCC2)C1. The molecule has 0 spiro atoms. The van der Waals surface area contributed by atoms with Crippen LogP contribution in [-0.2, 0) is 9.59 Å². The van der Waals surface area contributed by atoms with E-state index in [4.69, 9.17) is 5.11 Å². The maximum absolute atomic E-state index is 12.0. The van der Waals surface area contributed by atoms with Crippen LogP contribution in [0.4, 0.5) is 0 Å². The highest BCUT2D eigenvalue weighted by atomic mass is 16.4. The molecule has 0 bridgehead atoms. The lowest BCUT2D eigenvalue weighted by Gasteiger charge is -2.41. The molecular formula is C12H19NO3. The van der Waals surface area contributed by atoms with E-state index in [9.17, 15) is 9.59 Å². The van der Waals surface area contributed by atoms with Crippen LogP contribution in [0, 0.1) is 11.8 Å². The third-order valence-electron chi connectivity index (χ3n) is 3.69. The van der Waals surface area contributed by atoms with Gasteiger partial charge in [-0.1, -0.05) is 19.3 Å². The molecule has 2 fully saturated rings. The van der Waals surface area contributed by atoms with E-state index < -0.39 is 5.97 Å². The summed E-state index contributed by atoms with van der Waals surface area (Å²) in [5.74, 6) is -0.0827. The minimum Gasteiger partial charge on any atom is -0.481 e. The van der Waals surface area contributed by atoms with Gasteiger partial charge in [0.1, 0.15) is 0 Å². The minimum atomic E-state index is -0.755. The Morgan fingerprint density at radius 3 is 2.31 bits per heavy atom. The maximum atomic E-state index is 12.0. The van der Waals surface area contributed by atoms with Crippen molar-refractivity contribution in [2.75, 3.05) is 13.1 Å². The van der Waals surface area contributed by atoms with E-state index in [0.29, 0.717) is 13.1 Å². The predicted octanol–water partition coefficient (Wildman–Crippen LogP) is 1.50. The standard InChI is InChI=1S/C12H19NO3/c14-11(15)6-9-7-13(8-9)12(16)10-4-2-1-3-5-10/h9-10H,1-8H2,(H,14,15). The summed E-state index contributed by atoms with van der Waals surface area (Å²) >= 11 is 0.